The predicted molar refractivity (Wildman–Crippen MR) is 92.6 cm³/mol. The van der Waals surface area contributed by atoms with E-state index in [4.69, 9.17) is 0 Å². The molecule has 7 heteroatoms. The highest BCUT2D eigenvalue weighted by Crippen LogP contribution is 2.22. The van der Waals surface area contributed by atoms with Gasteiger partial charge in [-0.3, -0.25) is 4.98 Å². The Morgan fingerprint density at radius 1 is 1.12 bits per heavy atom. The number of pyridine rings is 1. The molecular weight excluding hydrogens is 326 g/mol. The highest BCUT2D eigenvalue weighted by Gasteiger charge is 2.20. The topological polar surface area (TPSA) is 57.3 Å². The number of aromatic nitrogens is 1. The van der Waals surface area contributed by atoms with Gasteiger partial charge >= 0.3 is 6.03 Å². The summed E-state index contributed by atoms with van der Waals surface area (Å²) in [5, 5.41) is 4.93. The van der Waals surface area contributed by atoms with Crippen molar-refractivity contribution in [2.24, 2.45) is 5.92 Å². The standard InChI is InChI=1S/C18H20F2N4O/c19-15-2-1-3-16(20)17(15)23-18(25)22-12-13-6-10-24(11-7-13)14-4-8-21-9-5-14/h1-5,8-9,13H,6-7,10-12H2,(H2,22,23,25). The molecule has 0 aliphatic carbocycles. The minimum absolute atomic E-state index is 0.342. The summed E-state index contributed by atoms with van der Waals surface area (Å²) < 4.78 is 27.0. The van der Waals surface area contributed by atoms with E-state index in [-0.39, 0.29) is 0 Å². The molecule has 0 saturated carbocycles. The lowest BCUT2D eigenvalue weighted by Crippen LogP contribution is -2.40. The molecule has 0 atom stereocenters. The molecule has 0 radical (unpaired) electrons. The number of nitrogens with zero attached hydrogens (tertiary/aromatic N) is 2. The van der Waals surface area contributed by atoms with Crippen LogP contribution in [-0.4, -0.2) is 30.6 Å². The number of piperidine rings is 1. The molecule has 5 nitrogen and oxygen atoms in total. The molecular formula is C18H20F2N4O. The number of amides is 2. The maximum atomic E-state index is 13.5. The quantitative estimate of drug-likeness (QED) is 0.892. The number of benzene rings is 1. The second-order valence-electron chi connectivity index (χ2n) is 6.07. The summed E-state index contributed by atoms with van der Waals surface area (Å²) in [6.45, 7) is 2.28. The Hall–Kier alpha value is -2.70. The van der Waals surface area contributed by atoms with Crippen LogP contribution in [0.4, 0.5) is 25.0 Å². The maximum absolute atomic E-state index is 13.5. The first-order valence-corrected chi connectivity index (χ1v) is 8.27. The monoisotopic (exact) mass is 346 g/mol. The zero-order chi connectivity index (χ0) is 17.6. The molecule has 132 valence electrons. The summed E-state index contributed by atoms with van der Waals surface area (Å²) in [5.41, 5.74) is 0.724. The van der Waals surface area contributed by atoms with E-state index in [0.29, 0.717) is 12.5 Å². The van der Waals surface area contributed by atoms with Crippen LogP contribution in [-0.2, 0) is 0 Å². The third-order valence-corrected chi connectivity index (χ3v) is 4.39. The summed E-state index contributed by atoms with van der Waals surface area (Å²) in [5.74, 6) is -1.24. The first-order valence-electron chi connectivity index (χ1n) is 8.27. The van der Waals surface area contributed by atoms with Gasteiger partial charge in [0, 0.05) is 37.7 Å². The van der Waals surface area contributed by atoms with Crippen LogP contribution in [0.5, 0.6) is 0 Å². The number of carbonyl (C=O) groups is 1. The fourth-order valence-electron chi connectivity index (χ4n) is 2.96. The van der Waals surface area contributed by atoms with Crippen LogP contribution in [0, 0.1) is 17.6 Å². The zero-order valence-electron chi connectivity index (χ0n) is 13.7. The van der Waals surface area contributed by atoms with Crippen molar-refractivity contribution in [2.45, 2.75) is 12.8 Å². The van der Waals surface area contributed by atoms with Gasteiger partial charge in [-0.15, -0.1) is 0 Å². The number of hydrogen-bond acceptors (Lipinski definition) is 3. The molecule has 1 aromatic carbocycles. The lowest BCUT2D eigenvalue weighted by Gasteiger charge is -2.33. The van der Waals surface area contributed by atoms with E-state index in [1.807, 2.05) is 12.1 Å². The molecule has 1 saturated heterocycles. The minimum Gasteiger partial charge on any atom is -0.371 e. The van der Waals surface area contributed by atoms with Crippen LogP contribution >= 0.6 is 0 Å². The summed E-state index contributed by atoms with van der Waals surface area (Å²) in [4.78, 5) is 18.2. The number of urea groups is 1. The largest absolute Gasteiger partial charge is 0.371 e. The van der Waals surface area contributed by atoms with E-state index in [1.165, 1.54) is 6.07 Å². The Balaban J connectivity index is 1.45. The van der Waals surface area contributed by atoms with Gasteiger partial charge in [0.05, 0.1) is 0 Å². The van der Waals surface area contributed by atoms with E-state index >= 15 is 0 Å². The fourth-order valence-corrected chi connectivity index (χ4v) is 2.96. The highest BCUT2D eigenvalue weighted by atomic mass is 19.1. The number of halogens is 2. The molecule has 1 fully saturated rings. The Kier molecular flexibility index (Phi) is 5.42. The number of anilines is 2. The smallest absolute Gasteiger partial charge is 0.319 e. The SMILES string of the molecule is O=C(NCC1CCN(c2ccncc2)CC1)Nc1c(F)cccc1F. The Labute approximate surface area is 145 Å². The summed E-state index contributed by atoms with van der Waals surface area (Å²) in [6, 6.07) is 6.83. The lowest BCUT2D eigenvalue weighted by atomic mass is 9.96. The van der Waals surface area contributed by atoms with Crippen molar-refractivity contribution in [3.05, 3.63) is 54.4 Å². The molecule has 1 aliphatic heterocycles. The van der Waals surface area contributed by atoms with Gasteiger partial charge < -0.3 is 15.5 Å². The van der Waals surface area contributed by atoms with E-state index in [0.717, 1.165) is 43.8 Å². The normalized spacial score (nSPS) is 15.0. The van der Waals surface area contributed by atoms with Crippen molar-refractivity contribution in [1.29, 1.82) is 0 Å². The minimum atomic E-state index is -0.791. The van der Waals surface area contributed by atoms with Gasteiger partial charge in [-0.1, -0.05) is 6.07 Å². The summed E-state index contributed by atoms with van der Waals surface area (Å²) in [6.07, 6.45) is 5.43. The van der Waals surface area contributed by atoms with Crippen molar-refractivity contribution in [3.8, 4) is 0 Å². The Bertz CT molecular complexity index is 698. The van der Waals surface area contributed by atoms with E-state index < -0.39 is 23.4 Å². The van der Waals surface area contributed by atoms with E-state index in [1.54, 1.807) is 12.4 Å². The van der Waals surface area contributed by atoms with Gasteiger partial charge in [0.25, 0.3) is 0 Å². The van der Waals surface area contributed by atoms with Crippen LogP contribution < -0.4 is 15.5 Å². The Morgan fingerprint density at radius 2 is 1.76 bits per heavy atom. The molecule has 25 heavy (non-hydrogen) atoms. The molecule has 1 aromatic heterocycles. The van der Waals surface area contributed by atoms with Crippen LogP contribution in [0.2, 0.25) is 0 Å². The van der Waals surface area contributed by atoms with Crippen molar-refractivity contribution in [3.63, 3.8) is 0 Å². The van der Waals surface area contributed by atoms with Gasteiger partial charge in [-0.05, 0) is 43.0 Å². The second kappa shape index (κ2) is 7.92. The average Bonchev–Trinajstić information content (AvgIpc) is 2.64. The first-order chi connectivity index (χ1) is 12.1. The van der Waals surface area contributed by atoms with Gasteiger partial charge in [-0.2, -0.15) is 0 Å². The van der Waals surface area contributed by atoms with Gasteiger partial charge in [0.2, 0.25) is 0 Å². The molecule has 3 rings (SSSR count). The van der Waals surface area contributed by atoms with Crippen molar-refractivity contribution in [1.82, 2.24) is 10.3 Å². The number of carbonyl (C=O) groups excluding carboxylic acids is 1. The third-order valence-electron chi connectivity index (χ3n) is 4.39. The first kappa shape index (κ1) is 17.1. The maximum Gasteiger partial charge on any atom is 0.319 e. The second-order valence-corrected chi connectivity index (χ2v) is 6.07. The van der Waals surface area contributed by atoms with Gasteiger partial charge in [0.1, 0.15) is 17.3 Å². The number of nitrogens with one attached hydrogen (secondary N) is 2. The van der Waals surface area contributed by atoms with Gasteiger partial charge in [-0.25, -0.2) is 13.6 Å². The molecule has 1 aliphatic rings. The summed E-state index contributed by atoms with van der Waals surface area (Å²) >= 11 is 0. The predicted octanol–water partition coefficient (Wildman–Crippen LogP) is 3.40. The van der Waals surface area contributed by atoms with E-state index in [9.17, 15) is 13.6 Å². The van der Waals surface area contributed by atoms with Crippen molar-refractivity contribution in [2.75, 3.05) is 29.9 Å². The van der Waals surface area contributed by atoms with Crippen LogP contribution in [0.3, 0.4) is 0 Å². The molecule has 0 unspecified atom stereocenters. The number of rotatable bonds is 4. The van der Waals surface area contributed by atoms with Crippen LogP contribution in [0.25, 0.3) is 0 Å². The molecule has 0 spiro atoms. The number of para-hydroxylation sites is 1. The molecule has 2 N–H and O–H groups in total. The molecule has 2 amide bonds. The Morgan fingerprint density at radius 3 is 2.40 bits per heavy atom. The highest BCUT2D eigenvalue weighted by molar-refractivity contribution is 5.89. The summed E-state index contributed by atoms with van der Waals surface area (Å²) in [7, 11) is 0. The average molecular weight is 346 g/mol. The van der Waals surface area contributed by atoms with Crippen LogP contribution in [0.1, 0.15) is 12.8 Å². The van der Waals surface area contributed by atoms with Crippen molar-refractivity contribution >= 4 is 17.4 Å². The molecule has 2 heterocycles. The van der Waals surface area contributed by atoms with Crippen molar-refractivity contribution < 1.29 is 13.6 Å². The molecule has 2 aromatic rings. The fraction of sp³-hybridized carbons (Fsp3) is 0.333. The number of hydrogen-bond donors (Lipinski definition) is 2. The third kappa shape index (κ3) is 4.43. The van der Waals surface area contributed by atoms with Crippen LogP contribution in [0.15, 0.2) is 42.7 Å². The zero-order valence-corrected chi connectivity index (χ0v) is 13.7. The lowest BCUT2D eigenvalue weighted by molar-refractivity contribution is 0.248. The van der Waals surface area contributed by atoms with Gasteiger partial charge in [0.15, 0.2) is 0 Å². The molecule has 0 bridgehead atoms. The van der Waals surface area contributed by atoms with E-state index in [2.05, 4.69) is 20.5 Å².